The molecule has 3 rings (SSSR count). The number of unbranched alkanes of at least 4 members (excludes halogenated alkanes) is 2. The minimum atomic E-state index is -0.597. The van der Waals surface area contributed by atoms with Crippen LogP contribution in [0.25, 0.3) is 0 Å². The van der Waals surface area contributed by atoms with Crippen LogP contribution < -0.4 is 0 Å². The van der Waals surface area contributed by atoms with Crippen LogP contribution in [0.1, 0.15) is 58.8 Å². The molecule has 0 aromatic carbocycles. The number of carbonyl (C=O) groups is 3. The van der Waals surface area contributed by atoms with Crippen molar-refractivity contribution in [1.29, 1.82) is 0 Å². The minimum Gasteiger partial charge on any atom is -0.396 e. The van der Waals surface area contributed by atoms with Crippen molar-refractivity contribution >= 4 is 29.5 Å². The van der Waals surface area contributed by atoms with Crippen molar-refractivity contribution in [3.05, 3.63) is 25.3 Å². The molecule has 5 atom stereocenters. The Morgan fingerprint density at radius 3 is 2.37 bits per heavy atom. The van der Waals surface area contributed by atoms with Gasteiger partial charge in [0.2, 0.25) is 17.7 Å². The second kappa shape index (κ2) is 12.4. The van der Waals surface area contributed by atoms with E-state index in [0.29, 0.717) is 39.1 Å². The Hall–Kier alpha value is -1.80. The zero-order chi connectivity index (χ0) is 25.6. The van der Waals surface area contributed by atoms with Crippen LogP contribution in [0.3, 0.4) is 0 Å². The van der Waals surface area contributed by atoms with Gasteiger partial charge in [0, 0.05) is 44.6 Å². The SMILES string of the molecule is C=CCN(CCCCC)C(=O)C1N(CCCO)C(=O)[C@@H]2[C@@H](C(=O)N(CC=C)CCC)[C@H]3CCC12S3. The quantitative estimate of drug-likeness (QED) is 0.273. The Bertz CT molecular complexity index is 805. The fourth-order valence-electron chi connectivity index (χ4n) is 6.30. The molecule has 3 aliphatic rings. The van der Waals surface area contributed by atoms with Crippen molar-refractivity contribution in [3.8, 4) is 0 Å². The average Bonchev–Trinajstić information content (AvgIpc) is 3.48. The van der Waals surface area contributed by atoms with Gasteiger partial charge < -0.3 is 19.8 Å². The molecule has 3 aliphatic heterocycles. The molecular formula is C27H43N3O4S. The van der Waals surface area contributed by atoms with E-state index in [1.165, 1.54) is 0 Å². The van der Waals surface area contributed by atoms with Crippen LogP contribution in [0.4, 0.5) is 0 Å². The first-order valence-electron chi connectivity index (χ1n) is 13.3. The number of fused-ring (bicyclic) bond motifs is 1. The number of likely N-dealkylation sites (tertiary alicyclic amines) is 1. The van der Waals surface area contributed by atoms with Crippen LogP contribution in [-0.4, -0.2) is 92.9 Å². The molecule has 8 heteroatoms. The van der Waals surface area contributed by atoms with Crippen molar-refractivity contribution in [2.24, 2.45) is 11.8 Å². The van der Waals surface area contributed by atoms with Crippen molar-refractivity contribution in [2.75, 3.05) is 39.3 Å². The number of carbonyl (C=O) groups excluding carboxylic acids is 3. The molecule has 2 unspecified atom stereocenters. The van der Waals surface area contributed by atoms with Gasteiger partial charge in [0.25, 0.3) is 0 Å². The van der Waals surface area contributed by atoms with Gasteiger partial charge in [0.05, 0.1) is 16.6 Å². The maximum atomic E-state index is 14.1. The number of thioether (sulfide) groups is 1. The van der Waals surface area contributed by atoms with E-state index in [0.717, 1.165) is 38.5 Å². The Morgan fingerprint density at radius 2 is 1.77 bits per heavy atom. The molecule has 3 fully saturated rings. The average molecular weight is 506 g/mol. The Balaban J connectivity index is 1.97. The van der Waals surface area contributed by atoms with Crippen LogP contribution >= 0.6 is 11.8 Å². The highest BCUT2D eigenvalue weighted by molar-refractivity contribution is 8.02. The topological polar surface area (TPSA) is 81.2 Å². The lowest BCUT2D eigenvalue weighted by Crippen LogP contribution is -2.55. The molecule has 0 radical (unpaired) electrons. The molecule has 7 nitrogen and oxygen atoms in total. The zero-order valence-corrected chi connectivity index (χ0v) is 22.3. The van der Waals surface area contributed by atoms with Gasteiger partial charge in [0.1, 0.15) is 6.04 Å². The standard InChI is InChI=1S/C27H43N3O4S/c1-5-9-10-17-29(16-8-4)26(34)23-27-13-12-20(35-27)21(24(32)28(14-6-2)15-7-3)22(27)25(33)30(23)18-11-19-31/h6,8,20-23,31H,2,4-5,7,9-19H2,1,3H3/t20-,21+,22+,23?,27?/m1/s1. The third-order valence-electron chi connectivity index (χ3n) is 7.72. The lowest BCUT2D eigenvalue weighted by Gasteiger charge is -2.37. The van der Waals surface area contributed by atoms with Gasteiger partial charge in [0.15, 0.2) is 0 Å². The number of nitrogens with zero attached hydrogens (tertiary/aromatic N) is 3. The fourth-order valence-corrected chi connectivity index (χ4v) is 8.50. The van der Waals surface area contributed by atoms with Crippen LogP contribution in [0.5, 0.6) is 0 Å². The zero-order valence-electron chi connectivity index (χ0n) is 21.5. The van der Waals surface area contributed by atoms with Gasteiger partial charge in [-0.05, 0) is 32.1 Å². The second-order valence-electron chi connectivity index (χ2n) is 10.0. The molecule has 0 aliphatic carbocycles. The lowest BCUT2D eigenvalue weighted by molar-refractivity contribution is -0.144. The van der Waals surface area contributed by atoms with Crippen LogP contribution in [-0.2, 0) is 14.4 Å². The third kappa shape index (κ3) is 5.19. The summed E-state index contributed by atoms with van der Waals surface area (Å²) in [6.07, 6.45) is 9.36. The summed E-state index contributed by atoms with van der Waals surface area (Å²) in [4.78, 5) is 47.1. The van der Waals surface area contributed by atoms with E-state index >= 15 is 0 Å². The van der Waals surface area contributed by atoms with Crippen LogP contribution in [0.2, 0.25) is 0 Å². The Labute approximate surface area is 215 Å². The fraction of sp³-hybridized carbons (Fsp3) is 0.741. The molecule has 0 aromatic heterocycles. The number of aliphatic hydroxyl groups excluding tert-OH is 1. The van der Waals surface area contributed by atoms with Gasteiger partial charge in [-0.25, -0.2) is 0 Å². The number of hydrogen-bond acceptors (Lipinski definition) is 5. The summed E-state index contributed by atoms with van der Waals surface area (Å²) in [6.45, 7) is 14.3. The second-order valence-corrected chi connectivity index (χ2v) is 11.6. The normalized spacial score (nSPS) is 28.8. The number of aliphatic hydroxyl groups is 1. The lowest BCUT2D eigenvalue weighted by atomic mass is 9.70. The molecule has 1 N–H and O–H groups in total. The molecular weight excluding hydrogens is 462 g/mol. The Kier molecular flexibility index (Phi) is 9.87. The minimum absolute atomic E-state index is 0.0188. The molecule has 3 saturated heterocycles. The van der Waals surface area contributed by atoms with E-state index in [4.69, 9.17) is 0 Å². The summed E-state index contributed by atoms with van der Waals surface area (Å²) in [5.41, 5.74) is 0. The third-order valence-corrected chi connectivity index (χ3v) is 9.68. The molecule has 1 spiro atoms. The van der Waals surface area contributed by atoms with E-state index in [-0.39, 0.29) is 29.6 Å². The van der Waals surface area contributed by atoms with Gasteiger partial charge in [-0.15, -0.1) is 24.9 Å². The van der Waals surface area contributed by atoms with E-state index in [9.17, 15) is 19.5 Å². The predicted molar refractivity (Wildman–Crippen MR) is 141 cm³/mol. The summed E-state index contributed by atoms with van der Waals surface area (Å²) < 4.78 is -0.579. The summed E-state index contributed by atoms with van der Waals surface area (Å²) in [5.74, 6) is -1.00. The van der Waals surface area contributed by atoms with Crippen molar-refractivity contribution in [3.63, 3.8) is 0 Å². The van der Waals surface area contributed by atoms with Crippen molar-refractivity contribution in [1.82, 2.24) is 14.7 Å². The van der Waals surface area contributed by atoms with E-state index < -0.39 is 22.6 Å². The first-order chi connectivity index (χ1) is 16.9. The predicted octanol–water partition coefficient (Wildman–Crippen LogP) is 3.09. The van der Waals surface area contributed by atoms with Crippen LogP contribution in [0.15, 0.2) is 25.3 Å². The highest BCUT2D eigenvalue weighted by atomic mass is 32.2. The molecule has 2 bridgehead atoms. The smallest absolute Gasteiger partial charge is 0.247 e. The largest absolute Gasteiger partial charge is 0.396 e. The summed E-state index contributed by atoms with van der Waals surface area (Å²) in [6, 6.07) is -0.597. The summed E-state index contributed by atoms with van der Waals surface area (Å²) >= 11 is 1.71. The maximum absolute atomic E-state index is 14.1. The molecule has 35 heavy (non-hydrogen) atoms. The molecule has 3 heterocycles. The number of rotatable bonds is 15. The summed E-state index contributed by atoms with van der Waals surface area (Å²) in [7, 11) is 0. The maximum Gasteiger partial charge on any atom is 0.247 e. The Morgan fingerprint density at radius 1 is 1.09 bits per heavy atom. The summed E-state index contributed by atoms with van der Waals surface area (Å²) in [5, 5.41) is 9.58. The first kappa shape index (κ1) is 27.8. The highest BCUT2D eigenvalue weighted by Gasteiger charge is 2.73. The van der Waals surface area contributed by atoms with Gasteiger partial charge in [-0.2, -0.15) is 0 Å². The highest BCUT2D eigenvalue weighted by Crippen LogP contribution is 2.66. The molecule has 3 amide bonds. The molecule has 0 saturated carbocycles. The van der Waals surface area contributed by atoms with Gasteiger partial charge >= 0.3 is 0 Å². The van der Waals surface area contributed by atoms with Crippen LogP contribution in [0, 0.1) is 11.8 Å². The number of hydrogen-bond donors (Lipinski definition) is 1. The van der Waals surface area contributed by atoms with E-state index in [2.05, 4.69) is 20.1 Å². The monoisotopic (exact) mass is 505 g/mol. The van der Waals surface area contributed by atoms with Gasteiger partial charge in [-0.3, -0.25) is 14.4 Å². The van der Waals surface area contributed by atoms with E-state index in [1.54, 1.807) is 28.8 Å². The first-order valence-corrected chi connectivity index (χ1v) is 14.2. The number of amides is 3. The molecule has 0 aromatic rings. The van der Waals surface area contributed by atoms with Gasteiger partial charge in [-0.1, -0.05) is 38.8 Å². The van der Waals surface area contributed by atoms with Crippen molar-refractivity contribution in [2.45, 2.75) is 74.8 Å². The van der Waals surface area contributed by atoms with Crippen molar-refractivity contribution < 1.29 is 19.5 Å². The van der Waals surface area contributed by atoms with E-state index in [1.807, 2.05) is 16.7 Å². The molecule has 196 valence electrons.